The third kappa shape index (κ3) is 0.937. The standard InChI is InChI=1S/C8H8BrF2N/c1-3-4-2-5(8(10)11)7(12-3)6(4)9/h4,6-7,12H,1-2H2. The minimum atomic E-state index is -1.54. The molecule has 2 bridgehead atoms. The Hall–Kier alpha value is -0.380. The van der Waals surface area contributed by atoms with Gasteiger partial charge >= 0.3 is 0 Å². The van der Waals surface area contributed by atoms with E-state index in [4.69, 9.17) is 0 Å². The van der Waals surface area contributed by atoms with E-state index in [1.807, 2.05) is 0 Å². The first-order valence-corrected chi connectivity index (χ1v) is 4.66. The lowest BCUT2D eigenvalue weighted by atomic mass is 10.0. The molecule has 1 N–H and O–H groups in total. The van der Waals surface area contributed by atoms with Gasteiger partial charge in [-0.25, -0.2) is 0 Å². The van der Waals surface area contributed by atoms with Crippen LogP contribution in [-0.2, 0) is 0 Å². The Bertz CT molecular complexity index is 270. The molecule has 0 aromatic carbocycles. The van der Waals surface area contributed by atoms with Gasteiger partial charge in [-0.3, -0.25) is 0 Å². The van der Waals surface area contributed by atoms with Crippen molar-refractivity contribution in [3.63, 3.8) is 0 Å². The highest BCUT2D eigenvalue weighted by molar-refractivity contribution is 9.09. The molecular weight excluding hydrogens is 228 g/mol. The van der Waals surface area contributed by atoms with Gasteiger partial charge in [-0.2, -0.15) is 8.78 Å². The van der Waals surface area contributed by atoms with Crippen LogP contribution in [0.3, 0.4) is 0 Å². The minimum Gasteiger partial charge on any atom is -0.381 e. The molecule has 0 radical (unpaired) electrons. The summed E-state index contributed by atoms with van der Waals surface area (Å²) in [4.78, 5) is 0.0986. The largest absolute Gasteiger partial charge is 0.381 e. The number of fused-ring (bicyclic) bond motifs is 2. The summed E-state index contributed by atoms with van der Waals surface area (Å²) in [6.45, 7) is 3.77. The smallest absolute Gasteiger partial charge is 0.271 e. The van der Waals surface area contributed by atoms with E-state index in [9.17, 15) is 8.78 Å². The fourth-order valence-corrected chi connectivity index (χ4v) is 2.84. The summed E-state index contributed by atoms with van der Waals surface area (Å²) in [6, 6.07) is -0.229. The molecule has 0 aromatic rings. The molecule has 1 nitrogen and oxygen atoms in total. The number of nitrogens with one attached hydrogen (secondary N) is 1. The summed E-state index contributed by atoms with van der Waals surface area (Å²) in [5.41, 5.74) is 1.13. The van der Waals surface area contributed by atoms with Crippen LogP contribution in [0, 0.1) is 5.92 Å². The van der Waals surface area contributed by atoms with Crippen LogP contribution in [0.25, 0.3) is 0 Å². The number of alkyl halides is 1. The maximum atomic E-state index is 12.3. The summed E-state index contributed by atoms with van der Waals surface area (Å²) in [6.07, 6.45) is -1.08. The summed E-state index contributed by atoms with van der Waals surface area (Å²) >= 11 is 3.39. The molecule has 1 aliphatic heterocycles. The Morgan fingerprint density at radius 3 is 2.58 bits per heavy atom. The lowest BCUT2D eigenvalue weighted by Crippen LogP contribution is -2.27. The number of hydrogen-bond acceptors (Lipinski definition) is 1. The number of hydrogen-bond donors (Lipinski definition) is 1. The quantitative estimate of drug-likeness (QED) is 0.637. The van der Waals surface area contributed by atoms with E-state index in [1.165, 1.54) is 0 Å². The molecule has 3 atom stereocenters. The van der Waals surface area contributed by atoms with Gasteiger partial charge in [0.2, 0.25) is 0 Å². The van der Waals surface area contributed by atoms with E-state index < -0.39 is 6.08 Å². The summed E-state index contributed by atoms with van der Waals surface area (Å²) < 4.78 is 24.6. The fraction of sp³-hybridized carbons (Fsp3) is 0.500. The second kappa shape index (κ2) is 2.55. The van der Waals surface area contributed by atoms with Crippen molar-refractivity contribution in [1.82, 2.24) is 5.32 Å². The Balaban J connectivity index is 2.34. The lowest BCUT2D eigenvalue weighted by Gasteiger charge is -2.16. The molecular formula is C8H8BrF2N. The second-order valence-electron chi connectivity index (χ2n) is 3.19. The molecule has 0 aromatic heterocycles. The van der Waals surface area contributed by atoms with Crippen molar-refractivity contribution in [2.24, 2.45) is 5.92 Å². The predicted molar refractivity (Wildman–Crippen MR) is 46.1 cm³/mol. The van der Waals surface area contributed by atoms with Gasteiger partial charge in [0, 0.05) is 22.0 Å². The molecule has 2 rings (SSSR count). The Kier molecular flexibility index (Phi) is 1.75. The third-order valence-corrected chi connectivity index (χ3v) is 3.72. The molecule has 0 amide bonds. The molecule has 1 saturated heterocycles. The van der Waals surface area contributed by atoms with E-state index >= 15 is 0 Å². The van der Waals surface area contributed by atoms with Gasteiger partial charge in [-0.15, -0.1) is 0 Å². The van der Waals surface area contributed by atoms with Crippen molar-refractivity contribution in [1.29, 1.82) is 0 Å². The molecule has 66 valence electrons. The molecule has 12 heavy (non-hydrogen) atoms. The molecule has 4 heteroatoms. The highest BCUT2D eigenvalue weighted by Crippen LogP contribution is 2.46. The summed E-state index contributed by atoms with van der Waals surface area (Å²) in [5.74, 6) is 0.145. The normalized spacial score (nSPS) is 38.8. The van der Waals surface area contributed by atoms with E-state index in [0.29, 0.717) is 6.42 Å². The van der Waals surface area contributed by atoms with Crippen molar-refractivity contribution >= 4 is 15.9 Å². The zero-order valence-electron chi connectivity index (χ0n) is 6.28. The molecule has 2 aliphatic rings. The van der Waals surface area contributed by atoms with Gasteiger partial charge in [0.1, 0.15) is 0 Å². The molecule has 1 saturated carbocycles. The number of allylic oxidation sites excluding steroid dienone is 1. The van der Waals surface area contributed by atoms with Crippen molar-refractivity contribution in [3.8, 4) is 0 Å². The van der Waals surface area contributed by atoms with Crippen LogP contribution in [0.1, 0.15) is 6.42 Å². The van der Waals surface area contributed by atoms with Crippen LogP contribution in [0.5, 0.6) is 0 Å². The predicted octanol–water partition coefficient (Wildman–Crippen LogP) is 2.41. The number of piperidine rings is 1. The van der Waals surface area contributed by atoms with Gasteiger partial charge in [-0.1, -0.05) is 22.5 Å². The first-order chi connectivity index (χ1) is 5.61. The van der Waals surface area contributed by atoms with Crippen LogP contribution in [0.15, 0.2) is 23.9 Å². The molecule has 3 unspecified atom stereocenters. The highest BCUT2D eigenvalue weighted by atomic mass is 79.9. The van der Waals surface area contributed by atoms with Crippen LogP contribution < -0.4 is 5.32 Å². The summed E-state index contributed by atoms with van der Waals surface area (Å²) in [5, 5.41) is 2.96. The average Bonchev–Trinajstić information content (AvgIpc) is 2.42. The fourth-order valence-electron chi connectivity index (χ4n) is 1.88. The van der Waals surface area contributed by atoms with E-state index in [2.05, 4.69) is 27.8 Å². The zero-order valence-corrected chi connectivity index (χ0v) is 7.87. The first kappa shape index (κ1) is 8.23. The topological polar surface area (TPSA) is 12.0 Å². The third-order valence-electron chi connectivity index (χ3n) is 2.55. The molecule has 2 fully saturated rings. The molecule has 0 spiro atoms. The number of halogens is 3. The van der Waals surface area contributed by atoms with Crippen molar-refractivity contribution in [2.45, 2.75) is 17.3 Å². The average molecular weight is 236 g/mol. The minimum absolute atomic E-state index is 0.0986. The van der Waals surface area contributed by atoms with Gasteiger partial charge < -0.3 is 5.32 Å². The zero-order chi connectivity index (χ0) is 8.88. The van der Waals surface area contributed by atoms with Gasteiger partial charge in [0.05, 0.1) is 6.04 Å². The monoisotopic (exact) mass is 235 g/mol. The number of rotatable bonds is 0. The van der Waals surface area contributed by atoms with E-state index in [-0.39, 0.29) is 22.4 Å². The first-order valence-electron chi connectivity index (χ1n) is 3.74. The highest BCUT2D eigenvalue weighted by Gasteiger charge is 2.47. The second-order valence-corrected chi connectivity index (χ2v) is 4.25. The van der Waals surface area contributed by atoms with Crippen molar-refractivity contribution < 1.29 is 8.78 Å². The SMILES string of the molecule is C=C1NC2C(=C(F)F)CC1C2Br. The Morgan fingerprint density at radius 2 is 2.25 bits per heavy atom. The van der Waals surface area contributed by atoms with E-state index in [0.717, 1.165) is 5.70 Å². The van der Waals surface area contributed by atoms with E-state index in [1.54, 1.807) is 0 Å². The van der Waals surface area contributed by atoms with Crippen LogP contribution in [-0.4, -0.2) is 10.9 Å². The summed E-state index contributed by atoms with van der Waals surface area (Å²) in [7, 11) is 0. The maximum absolute atomic E-state index is 12.3. The maximum Gasteiger partial charge on any atom is 0.271 e. The Labute approximate surface area is 77.7 Å². The van der Waals surface area contributed by atoms with Crippen LogP contribution in [0.4, 0.5) is 8.78 Å². The molecule has 1 aliphatic carbocycles. The van der Waals surface area contributed by atoms with Gasteiger partial charge in [0.25, 0.3) is 6.08 Å². The van der Waals surface area contributed by atoms with Crippen LogP contribution in [0.2, 0.25) is 0 Å². The van der Waals surface area contributed by atoms with Crippen LogP contribution >= 0.6 is 15.9 Å². The van der Waals surface area contributed by atoms with Gasteiger partial charge in [0.15, 0.2) is 0 Å². The van der Waals surface area contributed by atoms with Crippen molar-refractivity contribution in [3.05, 3.63) is 23.9 Å². The molecule has 1 heterocycles. The Morgan fingerprint density at radius 1 is 1.58 bits per heavy atom. The van der Waals surface area contributed by atoms with Crippen molar-refractivity contribution in [2.75, 3.05) is 0 Å². The lowest BCUT2D eigenvalue weighted by molar-refractivity contribution is 0.399. The van der Waals surface area contributed by atoms with Gasteiger partial charge in [-0.05, 0) is 6.42 Å².